The summed E-state index contributed by atoms with van der Waals surface area (Å²) in [5.41, 5.74) is 2.27. The molecule has 0 aromatic heterocycles. The van der Waals surface area contributed by atoms with E-state index >= 15 is 0 Å². The molecule has 2 rings (SSSR count). The fourth-order valence-electron chi connectivity index (χ4n) is 2.00. The molecule has 1 amide bonds. The second-order valence-corrected chi connectivity index (χ2v) is 4.16. The van der Waals surface area contributed by atoms with Gasteiger partial charge in [-0.15, -0.1) is 0 Å². The maximum absolute atomic E-state index is 11.8. The fourth-order valence-corrected chi connectivity index (χ4v) is 2.00. The molecule has 4 heteroatoms. The molecule has 0 spiro atoms. The molecule has 0 atom stereocenters. The smallest absolute Gasteiger partial charge is 0.299 e. The van der Waals surface area contributed by atoms with E-state index in [4.69, 9.17) is 0 Å². The average molecular weight is 232 g/mol. The lowest BCUT2D eigenvalue weighted by Crippen LogP contribution is -2.35. The largest absolute Gasteiger partial charge is 0.315 e. The lowest BCUT2D eigenvalue weighted by molar-refractivity contribution is -0.114. The van der Waals surface area contributed by atoms with Crippen molar-refractivity contribution in [2.45, 2.75) is 13.8 Å². The summed E-state index contributed by atoms with van der Waals surface area (Å²) in [6, 6.07) is 5.55. The number of hydrogen-bond acceptors (Lipinski definition) is 3. The van der Waals surface area contributed by atoms with Crippen molar-refractivity contribution in [2.24, 2.45) is 0 Å². The van der Waals surface area contributed by atoms with E-state index in [2.05, 4.69) is 5.32 Å². The Labute approximate surface area is 101 Å². The van der Waals surface area contributed by atoms with E-state index in [1.54, 1.807) is 11.0 Å². The van der Waals surface area contributed by atoms with E-state index in [0.29, 0.717) is 18.7 Å². The maximum Gasteiger partial charge on any atom is 0.299 e. The first kappa shape index (κ1) is 11.8. The Morgan fingerprint density at radius 2 is 2.06 bits per heavy atom. The standard InChI is InChI=1S/C13H16N2O2/c1-3-14-6-7-15-11-5-4-9(2)8-10(11)12(16)13(15)17/h4-5,8,14H,3,6-7H2,1-2H3. The number of nitrogens with zero attached hydrogens (tertiary/aromatic N) is 1. The number of carbonyl (C=O) groups is 2. The van der Waals surface area contributed by atoms with Crippen LogP contribution >= 0.6 is 0 Å². The Kier molecular flexibility index (Phi) is 3.24. The van der Waals surface area contributed by atoms with Gasteiger partial charge in [0.15, 0.2) is 0 Å². The molecule has 4 nitrogen and oxygen atoms in total. The quantitative estimate of drug-likeness (QED) is 0.625. The summed E-state index contributed by atoms with van der Waals surface area (Å²) in [6.45, 7) is 6.02. The molecule has 0 bridgehead atoms. The van der Waals surface area contributed by atoms with Crippen molar-refractivity contribution >= 4 is 17.4 Å². The van der Waals surface area contributed by atoms with Gasteiger partial charge in [-0.3, -0.25) is 9.59 Å². The Balaban J connectivity index is 2.25. The number of aryl methyl sites for hydroxylation is 1. The number of amides is 1. The van der Waals surface area contributed by atoms with Crippen molar-refractivity contribution in [3.8, 4) is 0 Å². The Hall–Kier alpha value is -1.68. The van der Waals surface area contributed by atoms with Gasteiger partial charge in [0, 0.05) is 13.1 Å². The van der Waals surface area contributed by atoms with Crippen molar-refractivity contribution in [2.75, 3.05) is 24.5 Å². The monoisotopic (exact) mass is 232 g/mol. The van der Waals surface area contributed by atoms with Gasteiger partial charge in [-0.25, -0.2) is 0 Å². The van der Waals surface area contributed by atoms with Gasteiger partial charge in [0.2, 0.25) is 0 Å². The van der Waals surface area contributed by atoms with E-state index in [1.165, 1.54) is 0 Å². The number of ketones is 1. The highest BCUT2D eigenvalue weighted by Gasteiger charge is 2.35. The summed E-state index contributed by atoms with van der Waals surface area (Å²) in [6.07, 6.45) is 0. The third-order valence-corrected chi connectivity index (χ3v) is 2.89. The molecule has 0 fully saturated rings. The number of rotatable bonds is 4. The van der Waals surface area contributed by atoms with Gasteiger partial charge in [-0.1, -0.05) is 18.6 Å². The zero-order chi connectivity index (χ0) is 12.4. The minimum absolute atomic E-state index is 0.389. The van der Waals surface area contributed by atoms with Gasteiger partial charge in [0.25, 0.3) is 11.7 Å². The predicted molar refractivity (Wildman–Crippen MR) is 66.4 cm³/mol. The second kappa shape index (κ2) is 4.67. The lowest BCUT2D eigenvalue weighted by atomic mass is 10.1. The first-order chi connectivity index (χ1) is 8.15. The highest BCUT2D eigenvalue weighted by atomic mass is 16.2. The molecule has 0 radical (unpaired) electrons. The summed E-state index contributed by atoms with van der Waals surface area (Å²) in [7, 11) is 0. The highest BCUT2D eigenvalue weighted by Crippen LogP contribution is 2.29. The molecule has 0 saturated carbocycles. The third kappa shape index (κ3) is 2.08. The number of likely N-dealkylation sites (N-methyl/N-ethyl adjacent to an activating group) is 1. The van der Waals surface area contributed by atoms with Gasteiger partial charge in [0.1, 0.15) is 0 Å². The van der Waals surface area contributed by atoms with Gasteiger partial charge in [-0.2, -0.15) is 0 Å². The number of Topliss-reactive ketones (excluding diaryl/α,β-unsaturated/α-hetero) is 1. The van der Waals surface area contributed by atoms with Gasteiger partial charge in [-0.05, 0) is 25.6 Å². The topological polar surface area (TPSA) is 49.4 Å². The number of anilines is 1. The van der Waals surface area contributed by atoms with Crippen molar-refractivity contribution in [1.29, 1.82) is 0 Å². The van der Waals surface area contributed by atoms with Crippen LogP contribution in [-0.4, -0.2) is 31.3 Å². The van der Waals surface area contributed by atoms with Crippen LogP contribution in [0.25, 0.3) is 0 Å². The molecule has 90 valence electrons. The predicted octanol–water partition coefficient (Wildman–Crippen LogP) is 1.13. The van der Waals surface area contributed by atoms with E-state index in [9.17, 15) is 9.59 Å². The van der Waals surface area contributed by atoms with Gasteiger partial charge in [0.05, 0.1) is 11.3 Å². The number of nitrogens with one attached hydrogen (secondary N) is 1. The summed E-state index contributed by atoms with van der Waals surface area (Å²) in [5.74, 6) is -0.802. The van der Waals surface area contributed by atoms with E-state index in [1.807, 2.05) is 26.0 Å². The third-order valence-electron chi connectivity index (χ3n) is 2.89. The zero-order valence-electron chi connectivity index (χ0n) is 10.1. The first-order valence-electron chi connectivity index (χ1n) is 5.82. The molecule has 0 saturated heterocycles. The molecule has 0 aliphatic carbocycles. The van der Waals surface area contributed by atoms with Crippen LogP contribution in [0.2, 0.25) is 0 Å². The van der Waals surface area contributed by atoms with E-state index in [-0.39, 0.29) is 5.78 Å². The van der Waals surface area contributed by atoms with E-state index in [0.717, 1.165) is 17.8 Å². The number of fused-ring (bicyclic) bond motifs is 1. The molecule has 1 aromatic carbocycles. The SMILES string of the molecule is CCNCCN1C(=O)C(=O)c2cc(C)ccc21. The minimum Gasteiger partial charge on any atom is -0.315 e. The number of carbonyl (C=O) groups excluding carboxylic acids is 2. The average Bonchev–Trinajstić information content (AvgIpc) is 2.54. The Morgan fingerprint density at radius 3 is 2.76 bits per heavy atom. The van der Waals surface area contributed by atoms with Crippen LogP contribution in [0.5, 0.6) is 0 Å². The first-order valence-corrected chi connectivity index (χ1v) is 5.82. The molecule has 0 unspecified atom stereocenters. The van der Waals surface area contributed by atoms with Crippen molar-refractivity contribution in [3.05, 3.63) is 29.3 Å². The molecule has 1 N–H and O–H groups in total. The van der Waals surface area contributed by atoms with Gasteiger partial charge < -0.3 is 10.2 Å². The summed E-state index contributed by atoms with van der Waals surface area (Å²) >= 11 is 0. The molecule has 1 heterocycles. The second-order valence-electron chi connectivity index (χ2n) is 4.16. The van der Waals surface area contributed by atoms with Crippen LogP contribution in [0.1, 0.15) is 22.8 Å². The van der Waals surface area contributed by atoms with Crippen LogP contribution in [0, 0.1) is 6.92 Å². The van der Waals surface area contributed by atoms with Gasteiger partial charge >= 0.3 is 0 Å². The van der Waals surface area contributed by atoms with Crippen LogP contribution in [0.4, 0.5) is 5.69 Å². The van der Waals surface area contributed by atoms with Crippen LogP contribution < -0.4 is 10.2 Å². The lowest BCUT2D eigenvalue weighted by Gasteiger charge is -2.16. The Bertz CT molecular complexity index is 468. The zero-order valence-corrected chi connectivity index (χ0v) is 10.1. The van der Waals surface area contributed by atoms with Crippen LogP contribution in [0.15, 0.2) is 18.2 Å². The summed E-state index contributed by atoms with van der Waals surface area (Å²) < 4.78 is 0. The molecular weight excluding hydrogens is 216 g/mol. The maximum atomic E-state index is 11.8. The molecule has 17 heavy (non-hydrogen) atoms. The fraction of sp³-hybridized carbons (Fsp3) is 0.385. The number of benzene rings is 1. The van der Waals surface area contributed by atoms with Crippen LogP contribution in [-0.2, 0) is 4.79 Å². The van der Waals surface area contributed by atoms with E-state index < -0.39 is 5.91 Å². The van der Waals surface area contributed by atoms with Crippen molar-refractivity contribution < 1.29 is 9.59 Å². The highest BCUT2D eigenvalue weighted by molar-refractivity contribution is 6.52. The van der Waals surface area contributed by atoms with Crippen molar-refractivity contribution in [3.63, 3.8) is 0 Å². The van der Waals surface area contributed by atoms with Crippen molar-refractivity contribution in [1.82, 2.24) is 5.32 Å². The van der Waals surface area contributed by atoms with Crippen LogP contribution in [0.3, 0.4) is 0 Å². The molecule has 1 aromatic rings. The summed E-state index contributed by atoms with van der Waals surface area (Å²) in [5, 5.41) is 3.15. The normalized spacial score (nSPS) is 14.4. The molecule has 1 aliphatic rings. The molecule has 1 aliphatic heterocycles. The number of hydrogen-bond donors (Lipinski definition) is 1. The minimum atomic E-state index is -0.413. The molecular formula is C13H16N2O2. The summed E-state index contributed by atoms with van der Waals surface area (Å²) in [4.78, 5) is 25.2. The Morgan fingerprint density at radius 1 is 1.29 bits per heavy atom.